The zero-order valence-corrected chi connectivity index (χ0v) is 15.6. The SMILES string of the molecule is C=C1C(C)=C[C-]=C(c2ccc(OCCC)cc2F)N1C.[Y]. The molecule has 0 atom stereocenters. The van der Waals surface area contributed by atoms with Crippen LogP contribution >= 0.6 is 0 Å². The Morgan fingerprint density at radius 2 is 2.10 bits per heavy atom. The molecule has 1 aromatic carbocycles. The molecule has 109 valence electrons. The Balaban J connectivity index is 0.00000220. The fourth-order valence-electron chi connectivity index (χ4n) is 2.01. The third kappa shape index (κ3) is 4.05. The first-order valence-corrected chi connectivity index (χ1v) is 6.70. The number of rotatable bonds is 4. The molecule has 0 spiro atoms. The first-order valence-electron chi connectivity index (χ1n) is 6.70. The van der Waals surface area contributed by atoms with E-state index < -0.39 is 0 Å². The largest absolute Gasteiger partial charge is 0.494 e. The third-order valence-electron chi connectivity index (χ3n) is 3.29. The van der Waals surface area contributed by atoms with Crippen molar-refractivity contribution in [2.75, 3.05) is 13.7 Å². The van der Waals surface area contributed by atoms with E-state index in [1.165, 1.54) is 6.07 Å². The molecule has 0 bridgehead atoms. The van der Waals surface area contributed by atoms with Gasteiger partial charge in [-0.15, -0.1) is 11.6 Å². The van der Waals surface area contributed by atoms with Gasteiger partial charge in [0.15, 0.2) is 0 Å². The molecule has 2 nitrogen and oxygen atoms in total. The van der Waals surface area contributed by atoms with E-state index in [1.54, 1.807) is 12.1 Å². The van der Waals surface area contributed by atoms with Gasteiger partial charge in [-0.3, -0.25) is 0 Å². The fraction of sp³-hybridized carbons (Fsp3) is 0.294. The molecule has 0 saturated carbocycles. The van der Waals surface area contributed by atoms with Gasteiger partial charge in [-0.1, -0.05) is 31.7 Å². The number of ether oxygens (including phenoxy) is 1. The molecule has 1 radical (unpaired) electrons. The quantitative estimate of drug-likeness (QED) is 0.747. The van der Waals surface area contributed by atoms with Gasteiger partial charge in [0.25, 0.3) is 0 Å². The zero-order chi connectivity index (χ0) is 14.7. The second-order valence-electron chi connectivity index (χ2n) is 4.82. The van der Waals surface area contributed by atoms with Crippen LogP contribution in [0.4, 0.5) is 4.39 Å². The maximum atomic E-state index is 14.2. The Morgan fingerprint density at radius 3 is 2.71 bits per heavy atom. The molecule has 0 aliphatic carbocycles. The van der Waals surface area contributed by atoms with E-state index in [0.29, 0.717) is 23.6 Å². The van der Waals surface area contributed by atoms with Crippen LogP contribution in [0.15, 0.2) is 42.1 Å². The van der Waals surface area contributed by atoms with Gasteiger partial charge in [0, 0.05) is 45.8 Å². The minimum absolute atomic E-state index is 0. The third-order valence-corrected chi connectivity index (χ3v) is 3.29. The second-order valence-corrected chi connectivity index (χ2v) is 4.82. The molecule has 0 N–H and O–H groups in total. The van der Waals surface area contributed by atoms with E-state index >= 15 is 0 Å². The summed E-state index contributed by atoms with van der Waals surface area (Å²) < 4.78 is 19.7. The van der Waals surface area contributed by atoms with Crippen molar-refractivity contribution in [3.8, 4) is 5.75 Å². The molecule has 1 aromatic rings. The van der Waals surface area contributed by atoms with Gasteiger partial charge in [-0.2, -0.15) is 12.2 Å². The standard InChI is InChI=1S/C17H19FNO.Y/c1-5-10-20-14-7-8-15(16(18)11-14)17-9-6-12(2)13(3)19(17)4;/h6-8,11H,3,5,10H2,1-2,4H3;/q-1;. The molecule has 2 rings (SSSR count). The Morgan fingerprint density at radius 1 is 1.38 bits per heavy atom. The molecular weight excluding hydrogens is 342 g/mol. The van der Waals surface area contributed by atoms with Crippen molar-refractivity contribution in [2.45, 2.75) is 20.3 Å². The summed E-state index contributed by atoms with van der Waals surface area (Å²) in [6, 6.07) is 4.92. The van der Waals surface area contributed by atoms with Crippen LogP contribution in [0.25, 0.3) is 5.70 Å². The van der Waals surface area contributed by atoms with Crippen molar-refractivity contribution in [3.63, 3.8) is 0 Å². The fourth-order valence-corrected chi connectivity index (χ4v) is 2.01. The second kappa shape index (κ2) is 7.91. The number of hydrogen-bond acceptors (Lipinski definition) is 2. The number of benzene rings is 1. The monoisotopic (exact) mass is 361 g/mol. The minimum Gasteiger partial charge on any atom is -0.494 e. The predicted molar refractivity (Wildman–Crippen MR) is 79.5 cm³/mol. The maximum Gasteiger partial charge on any atom is 0.120 e. The predicted octanol–water partition coefficient (Wildman–Crippen LogP) is 4.16. The summed E-state index contributed by atoms with van der Waals surface area (Å²) in [4.78, 5) is 1.85. The van der Waals surface area contributed by atoms with E-state index in [2.05, 4.69) is 12.7 Å². The summed E-state index contributed by atoms with van der Waals surface area (Å²) in [5.41, 5.74) is 3.06. The molecule has 1 heterocycles. The Bertz CT molecular complexity index is 592. The number of likely N-dealkylation sites (N-methyl/N-ethyl adjacent to an activating group) is 1. The van der Waals surface area contributed by atoms with Crippen molar-refractivity contribution >= 4 is 5.70 Å². The average molecular weight is 361 g/mol. The maximum absolute atomic E-state index is 14.2. The van der Waals surface area contributed by atoms with Crippen molar-refractivity contribution in [1.29, 1.82) is 0 Å². The van der Waals surface area contributed by atoms with E-state index in [-0.39, 0.29) is 38.5 Å². The molecule has 0 fully saturated rings. The van der Waals surface area contributed by atoms with E-state index in [9.17, 15) is 4.39 Å². The van der Waals surface area contributed by atoms with Crippen molar-refractivity contribution in [3.05, 3.63) is 59.6 Å². The smallest absolute Gasteiger partial charge is 0.120 e. The molecule has 0 saturated heterocycles. The molecule has 1 aliphatic rings. The number of halogens is 1. The Labute approximate surface area is 151 Å². The summed E-state index contributed by atoms with van der Waals surface area (Å²) in [6.07, 6.45) is 5.84. The van der Waals surface area contributed by atoms with Gasteiger partial charge in [0.1, 0.15) is 5.75 Å². The Hall–Kier alpha value is -0.926. The van der Waals surface area contributed by atoms with Gasteiger partial charge in [-0.05, 0) is 18.2 Å². The van der Waals surface area contributed by atoms with Gasteiger partial charge in [0.05, 0.1) is 12.4 Å². The van der Waals surface area contributed by atoms with E-state index in [0.717, 1.165) is 17.7 Å². The molecule has 1 aliphatic heterocycles. The van der Waals surface area contributed by atoms with Crippen LogP contribution in [0.2, 0.25) is 0 Å². The van der Waals surface area contributed by atoms with Crippen LogP contribution < -0.4 is 4.74 Å². The number of nitrogens with zero attached hydrogens (tertiary/aromatic N) is 1. The van der Waals surface area contributed by atoms with Crippen LogP contribution in [0, 0.1) is 11.9 Å². The molecular formula is C17H19FNOY-. The van der Waals surface area contributed by atoms with Crippen LogP contribution in [0.3, 0.4) is 0 Å². The molecule has 0 amide bonds. The summed E-state index contributed by atoms with van der Waals surface area (Å²) in [7, 11) is 1.86. The summed E-state index contributed by atoms with van der Waals surface area (Å²) in [5, 5.41) is 0. The van der Waals surface area contributed by atoms with Crippen LogP contribution in [0.5, 0.6) is 5.75 Å². The van der Waals surface area contributed by atoms with Crippen LogP contribution in [0.1, 0.15) is 25.8 Å². The Kier molecular flexibility index (Phi) is 6.82. The molecule has 0 unspecified atom stereocenters. The summed E-state index contributed by atoms with van der Waals surface area (Å²) >= 11 is 0. The molecule has 21 heavy (non-hydrogen) atoms. The number of allylic oxidation sites excluding steroid dienone is 3. The number of hydrogen-bond donors (Lipinski definition) is 0. The van der Waals surface area contributed by atoms with Crippen LogP contribution in [-0.2, 0) is 32.7 Å². The topological polar surface area (TPSA) is 12.5 Å². The first kappa shape index (κ1) is 18.1. The van der Waals surface area contributed by atoms with Gasteiger partial charge >= 0.3 is 0 Å². The first-order chi connectivity index (χ1) is 9.54. The van der Waals surface area contributed by atoms with E-state index in [1.807, 2.05) is 31.9 Å². The average Bonchev–Trinajstić information content (AvgIpc) is 2.44. The van der Waals surface area contributed by atoms with Crippen molar-refractivity contribution < 1.29 is 41.8 Å². The van der Waals surface area contributed by atoms with Gasteiger partial charge < -0.3 is 9.64 Å². The van der Waals surface area contributed by atoms with Crippen molar-refractivity contribution in [2.24, 2.45) is 0 Å². The molecule has 4 heteroatoms. The zero-order valence-electron chi connectivity index (χ0n) is 12.7. The van der Waals surface area contributed by atoms with Gasteiger partial charge in [-0.25, -0.2) is 4.39 Å². The van der Waals surface area contributed by atoms with E-state index in [4.69, 9.17) is 4.74 Å². The summed E-state index contributed by atoms with van der Waals surface area (Å²) in [6.45, 7) is 8.55. The van der Waals surface area contributed by atoms with Crippen molar-refractivity contribution in [1.82, 2.24) is 4.90 Å². The van der Waals surface area contributed by atoms with Crippen LogP contribution in [-0.4, -0.2) is 18.6 Å². The normalized spacial score (nSPS) is 14.3. The molecule has 0 aromatic heterocycles. The minimum atomic E-state index is -0.311. The summed E-state index contributed by atoms with van der Waals surface area (Å²) in [5.74, 6) is 0.242. The van der Waals surface area contributed by atoms with Gasteiger partial charge in [0.2, 0.25) is 0 Å².